The van der Waals surface area contributed by atoms with Gasteiger partial charge in [-0.1, -0.05) is 6.92 Å². The van der Waals surface area contributed by atoms with E-state index in [0.29, 0.717) is 17.9 Å². The molecule has 6 N–H and O–H groups in total. The van der Waals surface area contributed by atoms with E-state index in [2.05, 4.69) is 16.0 Å². The SMILES string of the molecule is CCNC1=C(N)C(C)(NCC)NC=C1C(=O)O. The van der Waals surface area contributed by atoms with Crippen LogP contribution in [0.25, 0.3) is 0 Å². The summed E-state index contributed by atoms with van der Waals surface area (Å²) in [5.41, 5.74) is 6.51. The zero-order chi connectivity index (χ0) is 13.1. The summed E-state index contributed by atoms with van der Waals surface area (Å²) in [5.74, 6) is -1.00. The van der Waals surface area contributed by atoms with E-state index in [9.17, 15) is 4.79 Å². The molecule has 0 radical (unpaired) electrons. The fraction of sp³-hybridized carbons (Fsp3) is 0.545. The van der Waals surface area contributed by atoms with Crippen molar-refractivity contribution in [3.05, 3.63) is 23.2 Å². The summed E-state index contributed by atoms with van der Waals surface area (Å²) < 4.78 is 0. The highest BCUT2D eigenvalue weighted by Crippen LogP contribution is 2.22. The summed E-state index contributed by atoms with van der Waals surface area (Å²) in [7, 11) is 0. The highest BCUT2D eigenvalue weighted by Gasteiger charge is 2.34. The van der Waals surface area contributed by atoms with Gasteiger partial charge in [0.1, 0.15) is 11.2 Å². The van der Waals surface area contributed by atoms with Crippen LogP contribution in [0.15, 0.2) is 23.2 Å². The maximum absolute atomic E-state index is 11.1. The average Bonchev–Trinajstić information content (AvgIpc) is 2.25. The summed E-state index contributed by atoms with van der Waals surface area (Å²) in [6.07, 6.45) is 1.47. The summed E-state index contributed by atoms with van der Waals surface area (Å²) in [5, 5.41) is 18.3. The molecule has 0 saturated heterocycles. The van der Waals surface area contributed by atoms with E-state index in [1.54, 1.807) is 0 Å². The third-order valence-corrected chi connectivity index (χ3v) is 2.70. The predicted octanol–water partition coefficient (Wildman–Crippen LogP) is -0.336. The van der Waals surface area contributed by atoms with Crippen LogP contribution in [0.4, 0.5) is 0 Å². The van der Waals surface area contributed by atoms with Gasteiger partial charge < -0.3 is 21.5 Å². The van der Waals surface area contributed by atoms with Gasteiger partial charge in [-0.25, -0.2) is 4.79 Å². The number of carboxylic acids is 1. The Balaban J connectivity index is 3.14. The number of carbonyl (C=O) groups is 1. The van der Waals surface area contributed by atoms with Crippen molar-refractivity contribution in [2.45, 2.75) is 26.4 Å². The first-order chi connectivity index (χ1) is 7.96. The molecule has 0 bridgehead atoms. The first-order valence-corrected chi connectivity index (χ1v) is 5.67. The number of likely N-dealkylation sites (N-methyl/N-ethyl adjacent to an activating group) is 2. The zero-order valence-corrected chi connectivity index (χ0v) is 10.4. The van der Waals surface area contributed by atoms with Gasteiger partial charge in [0, 0.05) is 12.7 Å². The quantitative estimate of drug-likeness (QED) is 0.451. The minimum atomic E-state index is -1.00. The van der Waals surface area contributed by atoms with E-state index in [-0.39, 0.29) is 5.57 Å². The monoisotopic (exact) mass is 240 g/mol. The molecule has 6 nitrogen and oxygen atoms in total. The zero-order valence-electron chi connectivity index (χ0n) is 10.4. The Hall–Kier alpha value is -1.69. The van der Waals surface area contributed by atoms with E-state index in [1.165, 1.54) is 6.20 Å². The fourth-order valence-corrected chi connectivity index (χ4v) is 1.80. The van der Waals surface area contributed by atoms with Crippen LogP contribution < -0.4 is 21.7 Å². The first kappa shape index (κ1) is 13.4. The second-order valence-electron chi connectivity index (χ2n) is 3.98. The maximum Gasteiger partial charge on any atom is 0.339 e. The molecule has 1 aliphatic heterocycles. The van der Waals surface area contributed by atoms with E-state index < -0.39 is 11.6 Å². The molecule has 0 aliphatic carbocycles. The van der Waals surface area contributed by atoms with E-state index in [4.69, 9.17) is 10.8 Å². The Kier molecular flexibility index (Phi) is 4.01. The van der Waals surface area contributed by atoms with Crippen molar-refractivity contribution in [3.8, 4) is 0 Å². The summed E-state index contributed by atoms with van der Waals surface area (Å²) >= 11 is 0. The highest BCUT2D eigenvalue weighted by molar-refractivity contribution is 5.92. The van der Waals surface area contributed by atoms with Gasteiger partial charge in [-0.15, -0.1) is 0 Å². The molecule has 1 atom stereocenters. The van der Waals surface area contributed by atoms with Gasteiger partial charge in [-0.2, -0.15) is 0 Å². The molecule has 6 heteroatoms. The van der Waals surface area contributed by atoms with Crippen molar-refractivity contribution in [3.63, 3.8) is 0 Å². The Labute approximate surface area is 101 Å². The van der Waals surface area contributed by atoms with Gasteiger partial charge in [-0.3, -0.25) is 5.32 Å². The lowest BCUT2D eigenvalue weighted by Crippen LogP contribution is -2.59. The van der Waals surface area contributed by atoms with Crippen LogP contribution in [0.2, 0.25) is 0 Å². The second kappa shape index (κ2) is 5.09. The number of nitrogens with one attached hydrogen (secondary N) is 3. The van der Waals surface area contributed by atoms with Gasteiger partial charge in [0.25, 0.3) is 0 Å². The molecule has 0 aromatic carbocycles. The van der Waals surface area contributed by atoms with Crippen molar-refractivity contribution in [2.24, 2.45) is 5.73 Å². The molecule has 0 fully saturated rings. The minimum absolute atomic E-state index is 0.153. The lowest BCUT2D eigenvalue weighted by molar-refractivity contribution is -0.132. The van der Waals surface area contributed by atoms with Crippen LogP contribution in [0.3, 0.4) is 0 Å². The molecule has 1 heterocycles. The Morgan fingerprint density at radius 1 is 1.53 bits per heavy atom. The van der Waals surface area contributed by atoms with E-state index in [1.807, 2.05) is 20.8 Å². The molecule has 0 aromatic rings. The number of carboxylic acid groups (broad SMARTS) is 1. The number of dihydropyridines is 1. The Morgan fingerprint density at radius 3 is 2.65 bits per heavy atom. The smallest absolute Gasteiger partial charge is 0.339 e. The molecule has 0 spiro atoms. The van der Waals surface area contributed by atoms with Gasteiger partial charge >= 0.3 is 5.97 Å². The van der Waals surface area contributed by atoms with E-state index >= 15 is 0 Å². The number of hydrogen-bond donors (Lipinski definition) is 5. The summed E-state index contributed by atoms with van der Waals surface area (Å²) in [6.45, 7) is 7.07. The Bertz CT molecular complexity index is 376. The molecule has 1 unspecified atom stereocenters. The molecule has 0 saturated carbocycles. The average molecular weight is 240 g/mol. The minimum Gasteiger partial charge on any atom is -0.478 e. The van der Waals surface area contributed by atoms with Gasteiger partial charge in [0.2, 0.25) is 0 Å². The first-order valence-electron chi connectivity index (χ1n) is 5.67. The van der Waals surface area contributed by atoms with Crippen LogP contribution >= 0.6 is 0 Å². The largest absolute Gasteiger partial charge is 0.478 e. The summed E-state index contributed by atoms with van der Waals surface area (Å²) in [4.78, 5) is 11.1. The predicted molar refractivity (Wildman–Crippen MR) is 65.8 cm³/mol. The van der Waals surface area contributed by atoms with Crippen molar-refractivity contribution in [1.29, 1.82) is 0 Å². The lowest BCUT2D eigenvalue weighted by atomic mass is 9.99. The van der Waals surface area contributed by atoms with Crippen LogP contribution in [-0.2, 0) is 4.79 Å². The van der Waals surface area contributed by atoms with Gasteiger partial charge in [0.05, 0.1) is 11.4 Å². The van der Waals surface area contributed by atoms with Crippen molar-refractivity contribution in [2.75, 3.05) is 13.1 Å². The molecule has 1 aliphatic rings. The molecule has 0 amide bonds. The third kappa shape index (κ3) is 2.52. The van der Waals surface area contributed by atoms with Gasteiger partial charge in [0.15, 0.2) is 0 Å². The second-order valence-corrected chi connectivity index (χ2v) is 3.98. The molecule has 1 rings (SSSR count). The molecular weight excluding hydrogens is 220 g/mol. The maximum atomic E-state index is 11.1. The number of aliphatic carboxylic acids is 1. The molecular formula is C11H20N4O2. The van der Waals surface area contributed by atoms with Crippen LogP contribution in [0.1, 0.15) is 20.8 Å². The molecule has 96 valence electrons. The highest BCUT2D eigenvalue weighted by atomic mass is 16.4. The molecule has 17 heavy (non-hydrogen) atoms. The standard InChI is InChI=1S/C11H20N4O2/c1-4-13-8-7(10(16)17)6-15-11(3,9(8)12)14-5-2/h6,13-15H,4-5,12H2,1-3H3,(H,16,17). The van der Waals surface area contributed by atoms with Crippen molar-refractivity contribution >= 4 is 5.97 Å². The van der Waals surface area contributed by atoms with Crippen molar-refractivity contribution in [1.82, 2.24) is 16.0 Å². The van der Waals surface area contributed by atoms with Crippen LogP contribution in [0, 0.1) is 0 Å². The fourth-order valence-electron chi connectivity index (χ4n) is 1.80. The number of nitrogens with two attached hydrogens (primary N) is 1. The molecule has 0 aromatic heterocycles. The van der Waals surface area contributed by atoms with Crippen LogP contribution in [0.5, 0.6) is 0 Å². The van der Waals surface area contributed by atoms with Crippen molar-refractivity contribution < 1.29 is 9.90 Å². The number of hydrogen-bond acceptors (Lipinski definition) is 5. The Morgan fingerprint density at radius 2 is 2.18 bits per heavy atom. The normalized spacial score (nSPS) is 24.1. The van der Waals surface area contributed by atoms with Gasteiger partial charge in [-0.05, 0) is 20.4 Å². The summed E-state index contributed by atoms with van der Waals surface area (Å²) in [6, 6.07) is 0. The third-order valence-electron chi connectivity index (χ3n) is 2.70. The lowest BCUT2D eigenvalue weighted by Gasteiger charge is -2.36. The number of rotatable bonds is 5. The topological polar surface area (TPSA) is 99.4 Å². The van der Waals surface area contributed by atoms with E-state index in [0.717, 1.165) is 6.54 Å². The van der Waals surface area contributed by atoms with Crippen LogP contribution in [-0.4, -0.2) is 29.8 Å².